The zero-order valence-corrected chi connectivity index (χ0v) is 19.3. The molecule has 0 aliphatic carbocycles. The van der Waals surface area contributed by atoms with Gasteiger partial charge in [-0.1, -0.05) is 41.4 Å². The van der Waals surface area contributed by atoms with Crippen LogP contribution in [0.5, 0.6) is 0 Å². The third kappa shape index (κ3) is 5.56. The Bertz CT molecular complexity index is 1280. The lowest BCUT2D eigenvalue weighted by Gasteiger charge is -2.14. The number of imide groups is 1. The number of carbonyl (C=O) groups is 2. The van der Waals surface area contributed by atoms with E-state index in [1.165, 1.54) is 12.1 Å². The number of pyridine rings is 1. The van der Waals surface area contributed by atoms with Crippen molar-refractivity contribution in [1.29, 1.82) is 0 Å². The molecule has 8 nitrogen and oxygen atoms in total. The van der Waals surface area contributed by atoms with Gasteiger partial charge in [0, 0.05) is 11.3 Å². The quantitative estimate of drug-likeness (QED) is 0.474. The van der Waals surface area contributed by atoms with Crippen LogP contribution in [-0.4, -0.2) is 25.3 Å². The molecule has 0 saturated carbocycles. The Kier molecular flexibility index (Phi) is 7.02. The van der Waals surface area contributed by atoms with E-state index in [2.05, 4.69) is 20.3 Å². The first kappa shape index (κ1) is 23.5. The number of anilines is 2. The average Bonchev–Trinajstić information content (AvgIpc) is 2.70. The molecular formula is C21H18Cl2N4O4S. The van der Waals surface area contributed by atoms with Crippen molar-refractivity contribution in [3.05, 3.63) is 81.5 Å². The number of amides is 3. The van der Waals surface area contributed by atoms with Gasteiger partial charge in [0.25, 0.3) is 15.9 Å². The molecule has 0 spiro atoms. The highest BCUT2D eigenvalue weighted by Gasteiger charge is 2.23. The number of nitrogens with one attached hydrogen (secondary N) is 3. The molecule has 11 heteroatoms. The van der Waals surface area contributed by atoms with E-state index in [-0.39, 0.29) is 26.4 Å². The van der Waals surface area contributed by atoms with Gasteiger partial charge in [-0.2, -0.15) is 0 Å². The van der Waals surface area contributed by atoms with E-state index in [9.17, 15) is 18.0 Å². The van der Waals surface area contributed by atoms with E-state index < -0.39 is 22.0 Å². The van der Waals surface area contributed by atoms with Crippen LogP contribution in [0.4, 0.5) is 16.3 Å². The van der Waals surface area contributed by atoms with Gasteiger partial charge in [-0.15, -0.1) is 0 Å². The van der Waals surface area contributed by atoms with Crippen molar-refractivity contribution in [2.75, 3.05) is 10.0 Å². The number of rotatable bonds is 5. The van der Waals surface area contributed by atoms with Crippen LogP contribution >= 0.6 is 23.2 Å². The van der Waals surface area contributed by atoms with E-state index >= 15 is 0 Å². The van der Waals surface area contributed by atoms with Crippen LogP contribution < -0.4 is 15.4 Å². The molecule has 1 heterocycles. The maximum atomic E-state index is 12.8. The zero-order valence-electron chi connectivity index (χ0n) is 16.9. The third-order valence-corrected chi connectivity index (χ3v) is 6.58. The second-order valence-electron chi connectivity index (χ2n) is 6.79. The molecule has 3 amide bonds. The number of aromatic nitrogens is 1. The van der Waals surface area contributed by atoms with E-state index in [0.29, 0.717) is 11.3 Å². The lowest BCUT2D eigenvalue weighted by atomic mass is 10.2. The number of hydrogen-bond donors (Lipinski definition) is 3. The van der Waals surface area contributed by atoms with E-state index in [4.69, 9.17) is 23.2 Å². The summed E-state index contributed by atoms with van der Waals surface area (Å²) < 4.78 is 28.0. The van der Waals surface area contributed by atoms with Crippen molar-refractivity contribution in [2.24, 2.45) is 0 Å². The van der Waals surface area contributed by atoms with Gasteiger partial charge >= 0.3 is 6.03 Å². The van der Waals surface area contributed by atoms with Crippen LogP contribution in [0.25, 0.3) is 0 Å². The fourth-order valence-corrected chi connectivity index (χ4v) is 4.65. The Morgan fingerprint density at radius 1 is 0.938 bits per heavy atom. The summed E-state index contributed by atoms with van der Waals surface area (Å²) in [7, 11) is -4.11. The highest BCUT2D eigenvalue weighted by Crippen LogP contribution is 2.36. The molecule has 2 aromatic carbocycles. The number of carbonyl (C=O) groups excluding carboxylic acids is 2. The van der Waals surface area contributed by atoms with Gasteiger partial charge in [0.15, 0.2) is 0 Å². The van der Waals surface area contributed by atoms with Gasteiger partial charge in [0.05, 0.1) is 15.7 Å². The molecule has 166 valence electrons. The highest BCUT2D eigenvalue weighted by molar-refractivity contribution is 7.92. The average molecular weight is 493 g/mol. The number of hydrogen-bond acceptors (Lipinski definition) is 5. The number of benzene rings is 2. The van der Waals surface area contributed by atoms with Crippen LogP contribution in [0, 0.1) is 13.8 Å². The minimum Gasteiger partial charge on any atom is -0.306 e. The normalized spacial score (nSPS) is 11.0. The molecule has 0 atom stereocenters. The molecule has 0 unspecified atom stereocenters. The predicted octanol–water partition coefficient (Wildman–Crippen LogP) is 4.77. The van der Waals surface area contributed by atoms with Gasteiger partial charge < -0.3 is 5.32 Å². The van der Waals surface area contributed by atoms with Crippen LogP contribution in [0.1, 0.15) is 21.6 Å². The first-order valence-corrected chi connectivity index (χ1v) is 11.4. The summed E-state index contributed by atoms with van der Waals surface area (Å²) in [6.07, 6.45) is 0. The van der Waals surface area contributed by atoms with Gasteiger partial charge in [0.1, 0.15) is 10.7 Å². The van der Waals surface area contributed by atoms with Crippen molar-refractivity contribution in [3.63, 3.8) is 0 Å². The second-order valence-corrected chi connectivity index (χ2v) is 9.20. The summed E-state index contributed by atoms with van der Waals surface area (Å²) in [5, 5.41) is 4.03. The summed E-state index contributed by atoms with van der Waals surface area (Å²) in [6, 6.07) is 13.1. The van der Waals surface area contributed by atoms with Crippen molar-refractivity contribution in [1.82, 2.24) is 10.3 Å². The molecular weight excluding hydrogens is 475 g/mol. The first-order valence-electron chi connectivity index (χ1n) is 9.20. The monoisotopic (exact) mass is 492 g/mol. The lowest BCUT2D eigenvalue weighted by Crippen LogP contribution is -2.34. The molecule has 32 heavy (non-hydrogen) atoms. The molecule has 1 aromatic heterocycles. The smallest absolute Gasteiger partial charge is 0.306 e. The number of nitrogens with zero attached hydrogens (tertiary/aromatic N) is 1. The zero-order chi connectivity index (χ0) is 23.5. The molecule has 0 aliphatic heterocycles. The standard InChI is InChI=1S/C21H18Cl2N4O4S/c1-12-10-13(2)24-17(11-12)27-32(30,31)16-9-8-15(18(22)19(16)23)25-21(29)26-20(28)14-6-4-3-5-7-14/h3-11H,1-2H3,(H,24,27)(H2,25,26,28,29). The van der Waals surface area contributed by atoms with Gasteiger partial charge in [-0.05, 0) is 55.8 Å². The molecule has 3 aromatic rings. The Balaban J connectivity index is 1.78. The maximum Gasteiger partial charge on any atom is 0.326 e. The van der Waals surface area contributed by atoms with Crippen molar-refractivity contribution in [2.45, 2.75) is 18.7 Å². The topological polar surface area (TPSA) is 117 Å². The Morgan fingerprint density at radius 3 is 2.28 bits per heavy atom. The summed E-state index contributed by atoms with van der Waals surface area (Å²) in [5.41, 5.74) is 1.79. The molecule has 0 bridgehead atoms. The van der Waals surface area contributed by atoms with Crippen LogP contribution in [-0.2, 0) is 10.0 Å². The molecule has 0 radical (unpaired) electrons. The van der Waals surface area contributed by atoms with Gasteiger partial charge in [-0.25, -0.2) is 18.2 Å². The largest absolute Gasteiger partial charge is 0.326 e. The first-order chi connectivity index (χ1) is 15.1. The second kappa shape index (κ2) is 9.56. The SMILES string of the molecule is Cc1cc(C)nc(NS(=O)(=O)c2ccc(NC(=O)NC(=O)c3ccccc3)c(Cl)c2Cl)c1. The molecule has 3 N–H and O–H groups in total. The minimum absolute atomic E-state index is 0.0264. The minimum atomic E-state index is -4.11. The Morgan fingerprint density at radius 2 is 1.62 bits per heavy atom. The van der Waals surface area contributed by atoms with Gasteiger partial charge in [0.2, 0.25) is 0 Å². The lowest BCUT2D eigenvalue weighted by molar-refractivity contribution is 0.0967. The van der Waals surface area contributed by atoms with Crippen LogP contribution in [0.3, 0.4) is 0 Å². The fourth-order valence-electron chi connectivity index (χ4n) is 2.84. The summed E-state index contributed by atoms with van der Waals surface area (Å²) >= 11 is 12.4. The van der Waals surface area contributed by atoms with Crippen LogP contribution in [0.15, 0.2) is 59.5 Å². The van der Waals surface area contributed by atoms with Crippen LogP contribution in [0.2, 0.25) is 10.0 Å². The van der Waals surface area contributed by atoms with Crippen molar-refractivity contribution >= 4 is 56.7 Å². The Hall–Kier alpha value is -3.14. The predicted molar refractivity (Wildman–Crippen MR) is 124 cm³/mol. The number of sulfonamides is 1. The van der Waals surface area contributed by atoms with Gasteiger partial charge in [-0.3, -0.25) is 14.8 Å². The Labute approximate surface area is 195 Å². The maximum absolute atomic E-state index is 12.8. The third-order valence-electron chi connectivity index (χ3n) is 4.18. The highest BCUT2D eigenvalue weighted by atomic mass is 35.5. The number of halogens is 2. The molecule has 0 saturated heterocycles. The van der Waals surface area contributed by atoms with E-state index in [1.807, 2.05) is 6.92 Å². The fraction of sp³-hybridized carbons (Fsp3) is 0.0952. The number of urea groups is 1. The summed E-state index contributed by atoms with van der Waals surface area (Å²) in [4.78, 5) is 28.1. The van der Waals surface area contributed by atoms with Crippen molar-refractivity contribution < 1.29 is 18.0 Å². The number of aryl methyl sites for hydroxylation is 2. The molecule has 3 rings (SSSR count). The molecule has 0 fully saturated rings. The summed E-state index contributed by atoms with van der Waals surface area (Å²) in [6.45, 7) is 3.55. The summed E-state index contributed by atoms with van der Waals surface area (Å²) in [5.74, 6) is -0.481. The van der Waals surface area contributed by atoms with E-state index in [0.717, 1.165) is 5.56 Å². The molecule has 0 aliphatic rings. The van der Waals surface area contributed by atoms with E-state index in [1.54, 1.807) is 49.4 Å². The van der Waals surface area contributed by atoms with Crippen molar-refractivity contribution in [3.8, 4) is 0 Å².